The number of hydrogen-bond donors (Lipinski definition) is 3. The number of hydrogen-bond acceptors (Lipinski definition) is 5. The average Bonchev–Trinajstić information content (AvgIpc) is 2.64. The number of carboxylic acids is 1. The van der Waals surface area contributed by atoms with Crippen molar-refractivity contribution in [1.82, 2.24) is 0 Å². The van der Waals surface area contributed by atoms with Crippen molar-refractivity contribution in [2.24, 2.45) is 0 Å². The molecule has 2 rings (SSSR count). The van der Waals surface area contributed by atoms with Gasteiger partial charge in [0.2, 0.25) is 0 Å². The molecule has 0 saturated carbocycles. The maximum absolute atomic E-state index is 10.7. The lowest BCUT2D eigenvalue weighted by atomic mass is 10.1. The van der Waals surface area contributed by atoms with Crippen LogP contribution in [0, 0.1) is 0 Å². The third-order valence-electron chi connectivity index (χ3n) is 2.96. The Hall–Kier alpha value is -2.67. The number of aliphatic hydroxyl groups excluding tert-OH is 1. The second-order valence-corrected chi connectivity index (χ2v) is 4.88. The van der Waals surface area contributed by atoms with Gasteiger partial charge < -0.3 is 24.8 Å². The Kier molecular flexibility index (Phi) is 8.95. The summed E-state index contributed by atoms with van der Waals surface area (Å²) < 4.78 is 10.9. The Morgan fingerprint density at radius 1 is 1.08 bits per heavy atom. The molecule has 25 heavy (non-hydrogen) atoms. The minimum absolute atomic E-state index is 0.0630. The van der Waals surface area contributed by atoms with Crippen molar-refractivity contribution >= 4 is 5.97 Å². The first-order chi connectivity index (χ1) is 12.0. The molecule has 6 heteroatoms. The predicted molar refractivity (Wildman–Crippen MR) is 93.1 cm³/mol. The molecule has 0 aromatic heterocycles. The summed E-state index contributed by atoms with van der Waals surface area (Å²) in [5, 5.41) is 27.1. The number of rotatable bonds is 8. The monoisotopic (exact) mass is 346 g/mol. The van der Waals surface area contributed by atoms with Crippen molar-refractivity contribution < 1.29 is 29.6 Å². The summed E-state index contributed by atoms with van der Waals surface area (Å²) in [6.45, 7) is 2.94. The molecule has 0 bridgehead atoms. The fraction of sp³-hybridized carbons (Fsp3) is 0.211. The van der Waals surface area contributed by atoms with E-state index in [2.05, 4.69) is 6.58 Å². The molecule has 0 fully saturated rings. The van der Waals surface area contributed by atoms with Crippen molar-refractivity contribution in [2.75, 3.05) is 19.8 Å². The molecular weight excluding hydrogens is 324 g/mol. The van der Waals surface area contributed by atoms with E-state index in [-0.39, 0.29) is 19.8 Å². The zero-order valence-electron chi connectivity index (χ0n) is 13.7. The third kappa shape index (κ3) is 7.63. The van der Waals surface area contributed by atoms with E-state index in [0.717, 1.165) is 6.08 Å². The molecule has 0 aliphatic carbocycles. The second kappa shape index (κ2) is 11.0. The minimum Gasteiger partial charge on any atom is -0.478 e. The van der Waals surface area contributed by atoms with Crippen LogP contribution in [0.2, 0.25) is 0 Å². The Morgan fingerprint density at radius 3 is 2.08 bits per heavy atom. The van der Waals surface area contributed by atoms with Gasteiger partial charge in [-0.15, -0.1) is 0 Å². The van der Waals surface area contributed by atoms with Crippen LogP contribution < -0.4 is 4.74 Å². The van der Waals surface area contributed by atoms with E-state index in [4.69, 9.17) is 19.7 Å². The van der Waals surface area contributed by atoms with Crippen molar-refractivity contribution in [2.45, 2.75) is 5.79 Å². The maximum Gasteiger partial charge on any atom is 0.327 e. The maximum atomic E-state index is 10.7. The molecule has 2 aromatic carbocycles. The first-order valence-electron chi connectivity index (χ1n) is 7.58. The number of carboxylic acid groups (broad SMARTS) is 1. The van der Waals surface area contributed by atoms with Gasteiger partial charge in [0.15, 0.2) is 0 Å². The molecule has 0 heterocycles. The van der Waals surface area contributed by atoms with Crippen LogP contribution in [0.5, 0.6) is 5.75 Å². The van der Waals surface area contributed by atoms with E-state index in [1.807, 2.05) is 36.4 Å². The number of carbonyl (C=O) groups is 1. The van der Waals surface area contributed by atoms with Crippen molar-refractivity contribution in [3.05, 3.63) is 78.9 Å². The lowest BCUT2D eigenvalue weighted by Crippen LogP contribution is -2.38. The van der Waals surface area contributed by atoms with Crippen molar-refractivity contribution in [1.29, 1.82) is 0 Å². The SMILES string of the molecule is C=CC(=O)O.OCCOCC(O)(Oc1ccccc1)c1ccccc1. The highest BCUT2D eigenvalue weighted by Crippen LogP contribution is 2.26. The van der Waals surface area contributed by atoms with Gasteiger partial charge in [0, 0.05) is 11.6 Å². The van der Waals surface area contributed by atoms with Crippen LogP contribution in [0.3, 0.4) is 0 Å². The predicted octanol–water partition coefficient (Wildman–Crippen LogP) is 2.18. The van der Waals surface area contributed by atoms with Crippen LogP contribution in [-0.4, -0.2) is 41.1 Å². The highest BCUT2D eigenvalue weighted by atomic mass is 16.6. The van der Waals surface area contributed by atoms with Gasteiger partial charge in [0.05, 0.1) is 13.2 Å². The Labute approximate surface area is 146 Å². The topological polar surface area (TPSA) is 96.2 Å². The van der Waals surface area contributed by atoms with Gasteiger partial charge in [-0.25, -0.2) is 4.79 Å². The number of ether oxygens (including phenoxy) is 2. The average molecular weight is 346 g/mol. The number of aliphatic carboxylic acids is 1. The molecule has 6 nitrogen and oxygen atoms in total. The first-order valence-corrected chi connectivity index (χ1v) is 7.58. The van der Waals surface area contributed by atoms with Crippen molar-refractivity contribution in [3.8, 4) is 5.75 Å². The van der Waals surface area contributed by atoms with E-state index in [0.29, 0.717) is 11.3 Å². The molecule has 0 radical (unpaired) electrons. The Bertz CT molecular complexity index is 629. The van der Waals surface area contributed by atoms with E-state index < -0.39 is 11.8 Å². The van der Waals surface area contributed by atoms with E-state index in [1.54, 1.807) is 24.3 Å². The smallest absolute Gasteiger partial charge is 0.327 e. The van der Waals surface area contributed by atoms with E-state index in [1.165, 1.54) is 0 Å². The van der Waals surface area contributed by atoms with Crippen molar-refractivity contribution in [3.63, 3.8) is 0 Å². The van der Waals surface area contributed by atoms with Crippen LogP contribution in [0.1, 0.15) is 5.56 Å². The molecule has 0 aliphatic heterocycles. The summed E-state index contributed by atoms with van der Waals surface area (Å²) in [6, 6.07) is 18.1. The zero-order chi connectivity index (χ0) is 18.5. The molecule has 0 spiro atoms. The molecule has 1 atom stereocenters. The van der Waals surface area contributed by atoms with Gasteiger partial charge >= 0.3 is 5.97 Å². The number of benzene rings is 2. The molecule has 1 unspecified atom stereocenters. The van der Waals surface area contributed by atoms with E-state index >= 15 is 0 Å². The zero-order valence-corrected chi connectivity index (χ0v) is 13.7. The second-order valence-electron chi connectivity index (χ2n) is 4.88. The largest absolute Gasteiger partial charge is 0.478 e. The summed E-state index contributed by atoms with van der Waals surface area (Å²) in [4.78, 5) is 9.25. The molecule has 2 aromatic rings. The molecular formula is C19H22O6. The number of para-hydroxylation sites is 1. The molecule has 0 saturated heterocycles. The van der Waals surface area contributed by atoms with Crippen LogP contribution in [0.15, 0.2) is 73.3 Å². The molecule has 0 amide bonds. The van der Waals surface area contributed by atoms with Crippen LogP contribution in [-0.2, 0) is 15.3 Å². The lowest BCUT2D eigenvalue weighted by molar-refractivity contribution is -0.187. The highest BCUT2D eigenvalue weighted by molar-refractivity contribution is 5.78. The number of aliphatic hydroxyl groups is 2. The Balaban J connectivity index is 0.000000550. The quantitative estimate of drug-likeness (QED) is 0.385. The first kappa shape index (κ1) is 20.4. The van der Waals surface area contributed by atoms with Gasteiger partial charge in [-0.05, 0) is 12.1 Å². The van der Waals surface area contributed by atoms with Crippen LogP contribution in [0.4, 0.5) is 0 Å². The van der Waals surface area contributed by atoms with Crippen LogP contribution in [0.25, 0.3) is 0 Å². The summed E-state index contributed by atoms with van der Waals surface area (Å²) in [5.41, 5.74) is 0.599. The van der Waals surface area contributed by atoms with Gasteiger partial charge in [-0.3, -0.25) is 0 Å². The summed E-state index contributed by atoms with van der Waals surface area (Å²) in [5.74, 6) is -2.02. The fourth-order valence-electron chi connectivity index (χ4n) is 1.83. The Morgan fingerprint density at radius 2 is 1.60 bits per heavy atom. The summed E-state index contributed by atoms with van der Waals surface area (Å²) in [7, 11) is 0. The minimum atomic E-state index is -1.59. The van der Waals surface area contributed by atoms with Gasteiger partial charge in [-0.1, -0.05) is 55.1 Å². The third-order valence-corrected chi connectivity index (χ3v) is 2.96. The molecule has 0 aliphatic rings. The van der Waals surface area contributed by atoms with Crippen LogP contribution >= 0.6 is 0 Å². The van der Waals surface area contributed by atoms with Gasteiger partial charge in [0.25, 0.3) is 5.79 Å². The summed E-state index contributed by atoms with van der Waals surface area (Å²) in [6.07, 6.45) is 0.833. The standard InChI is InChI=1S/C16H18O4.C3H4O2/c17-11-12-19-13-16(18,14-7-3-1-4-8-14)20-15-9-5-2-6-10-15;1-2-3(4)5/h1-10,17-18H,11-13H2;2H,1H2,(H,4,5). The fourth-order valence-corrected chi connectivity index (χ4v) is 1.83. The van der Waals surface area contributed by atoms with Gasteiger partial charge in [-0.2, -0.15) is 0 Å². The van der Waals surface area contributed by atoms with E-state index in [9.17, 15) is 9.90 Å². The molecule has 3 N–H and O–H groups in total. The molecule has 134 valence electrons. The normalized spacial score (nSPS) is 12.2. The van der Waals surface area contributed by atoms with Gasteiger partial charge in [0.1, 0.15) is 12.4 Å². The summed E-state index contributed by atoms with van der Waals surface area (Å²) >= 11 is 0. The highest BCUT2D eigenvalue weighted by Gasteiger charge is 2.32. The lowest BCUT2D eigenvalue weighted by Gasteiger charge is -2.29.